The van der Waals surface area contributed by atoms with Crippen LogP contribution in [-0.4, -0.2) is 30.5 Å². The Morgan fingerprint density at radius 2 is 2.11 bits per heavy atom. The Morgan fingerprint density at radius 3 is 2.83 bits per heavy atom. The molecule has 0 aliphatic carbocycles. The lowest BCUT2D eigenvalue weighted by molar-refractivity contribution is 0.0995. The van der Waals surface area contributed by atoms with Crippen LogP contribution in [0.25, 0.3) is 17.3 Å². The van der Waals surface area contributed by atoms with Gasteiger partial charge in [-0.2, -0.15) is 4.98 Å². The van der Waals surface area contributed by atoms with E-state index < -0.39 is 5.91 Å². The first kappa shape index (κ1) is 10.3. The van der Waals surface area contributed by atoms with Gasteiger partial charge in [-0.15, -0.1) is 5.10 Å². The SMILES string of the molecule is NC(=O)c1ccn2nc(-c3ccccn3)nc2n1. The van der Waals surface area contributed by atoms with E-state index in [1.807, 2.05) is 12.1 Å². The number of aromatic nitrogens is 5. The molecular weight excluding hydrogens is 232 g/mol. The van der Waals surface area contributed by atoms with Gasteiger partial charge in [0.25, 0.3) is 11.7 Å². The standard InChI is InChI=1S/C11H8N6O/c12-9(18)7-4-6-17-11(14-7)15-10(16-17)8-3-1-2-5-13-8/h1-6H,(H2,12,18). The summed E-state index contributed by atoms with van der Waals surface area (Å²) < 4.78 is 1.47. The predicted molar refractivity (Wildman–Crippen MR) is 62.5 cm³/mol. The van der Waals surface area contributed by atoms with Crippen LogP contribution in [0, 0.1) is 0 Å². The summed E-state index contributed by atoms with van der Waals surface area (Å²) >= 11 is 0. The number of fused-ring (bicyclic) bond motifs is 1. The molecular formula is C11H8N6O. The molecule has 1 amide bonds. The molecule has 7 heteroatoms. The number of carbonyl (C=O) groups excluding carboxylic acids is 1. The maximum atomic E-state index is 11.0. The molecule has 0 aliphatic heterocycles. The zero-order valence-electron chi connectivity index (χ0n) is 9.19. The average Bonchev–Trinajstić information content (AvgIpc) is 2.82. The molecule has 88 valence electrons. The van der Waals surface area contributed by atoms with Crippen molar-refractivity contribution in [2.75, 3.05) is 0 Å². The zero-order valence-corrected chi connectivity index (χ0v) is 9.19. The van der Waals surface area contributed by atoms with E-state index in [1.165, 1.54) is 10.6 Å². The number of rotatable bonds is 2. The lowest BCUT2D eigenvalue weighted by Crippen LogP contribution is -2.13. The summed E-state index contributed by atoms with van der Waals surface area (Å²) in [5.41, 5.74) is 5.95. The fourth-order valence-electron chi connectivity index (χ4n) is 1.52. The van der Waals surface area contributed by atoms with Crippen LogP contribution in [0.4, 0.5) is 0 Å². The molecule has 0 saturated carbocycles. The van der Waals surface area contributed by atoms with E-state index in [0.29, 0.717) is 17.3 Å². The third-order valence-electron chi connectivity index (χ3n) is 2.35. The highest BCUT2D eigenvalue weighted by Crippen LogP contribution is 2.11. The van der Waals surface area contributed by atoms with Crippen molar-refractivity contribution < 1.29 is 4.79 Å². The molecule has 0 bridgehead atoms. The van der Waals surface area contributed by atoms with Crippen LogP contribution in [0.3, 0.4) is 0 Å². The smallest absolute Gasteiger partial charge is 0.267 e. The van der Waals surface area contributed by atoms with Crippen LogP contribution < -0.4 is 5.73 Å². The highest BCUT2D eigenvalue weighted by Gasteiger charge is 2.10. The van der Waals surface area contributed by atoms with E-state index in [9.17, 15) is 4.79 Å². The summed E-state index contributed by atoms with van der Waals surface area (Å²) in [5.74, 6) is 0.163. The minimum Gasteiger partial charge on any atom is -0.364 e. The molecule has 0 aromatic carbocycles. The molecule has 0 spiro atoms. The highest BCUT2D eigenvalue weighted by atomic mass is 16.1. The number of amides is 1. The Hall–Kier alpha value is -2.83. The second-order valence-corrected chi connectivity index (χ2v) is 3.57. The molecule has 3 aromatic heterocycles. The maximum Gasteiger partial charge on any atom is 0.267 e. The number of nitrogens with two attached hydrogens (primary N) is 1. The van der Waals surface area contributed by atoms with Crippen molar-refractivity contribution >= 4 is 11.7 Å². The van der Waals surface area contributed by atoms with Crippen molar-refractivity contribution in [3.8, 4) is 11.5 Å². The van der Waals surface area contributed by atoms with Gasteiger partial charge in [-0.3, -0.25) is 9.78 Å². The van der Waals surface area contributed by atoms with Crippen molar-refractivity contribution in [1.82, 2.24) is 24.6 Å². The summed E-state index contributed by atoms with van der Waals surface area (Å²) in [7, 11) is 0. The van der Waals surface area contributed by atoms with Crippen molar-refractivity contribution in [3.05, 3.63) is 42.4 Å². The molecule has 0 saturated heterocycles. The Bertz CT molecular complexity index is 721. The van der Waals surface area contributed by atoms with Crippen molar-refractivity contribution in [2.24, 2.45) is 5.73 Å². The Labute approximate surface area is 101 Å². The van der Waals surface area contributed by atoms with E-state index in [4.69, 9.17) is 5.73 Å². The third kappa shape index (κ3) is 1.67. The number of nitrogens with zero attached hydrogens (tertiary/aromatic N) is 5. The first-order chi connectivity index (χ1) is 8.74. The monoisotopic (exact) mass is 240 g/mol. The molecule has 2 N–H and O–H groups in total. The summed E-state index contributed by atoms with van der Waals surface area (Å²) in [6.45, 7) is 0. The first-order valence-corrected chi connectivity index (χ1v) is 5.19. The molecule has 0 radical (unpaired) electrons. The van der Waals surface area contributed by atoms with Gasteiger partial charge in [-0.1, -0.05) is 6.07 Å². The van der Waals surface area contributed by atoms with E-state index >= 15 is 0 Å². The quantitative estimate of drug-likeness (QED) is 0.693. The van der Waals surface area contributed by atoms with Crippen LogP contribution in [0.1, 0.15) is 10.5 Å². The van der Waals surface area contributed by atoms with Gasteiger partial charge in [-0.25, -0.2) is 9.50 Å². The minimum absolute atomic E-state index is 0.155. The van der Waals surface area contributed by atoms with Gasteiger partial charge in [0, 0.05) is 12.4 Å². The lowest BCUT2D eigenvalue weighted by Gasteiger charge is -1.93. The summed E-state index contributed by atoms with van der Waals surface area (Å²) in [5, 5.41) is 4.21. The van der Waals surface area contributed by atoms with E-state index in [2.05, 4.69) is 20.1 Å². The van der Waals surface area contributed by atoms with E-state index in [0.717, 1.165) is 0 Å². The van der Waals surface area contributed by atoms with Gasteiger partial charge in [-0.05, 0) is 18.2 Å². The van der Waals surface area contributed by atoms with Gasteiger partial charge >= 0.3 is 0 Å². The largest absolute Gasteiger partial charge is 0.364 e. The molecule has 0 aliphatic rings. The Balaban J connectivity index is 2.14. The van der Waals surface area contributed by atoms with E-state index in [-0.39, 0.29) is 5.69 Å². The van der Waals surface area contributed by atoms with Crippen LogP contribution in [-0.2, 0) is 0 Å². The summed E-state index contributed by atoms with van der Waals surface area (Å²) in [4.78, 5) is 23.4. The first-order valence-electron chi connectivity index (χ1n) is 5.19. The average molecular weight is 240 g/mol. The summed E-state index contributed by atoms with van der Waals surface area (Å²) in [6.07, 6.45) is 3.24. The topological polar surface area (TPSA) is 99.1 Å². The number of carbonyl (C=O) groups is 1. The number of hydrogen-bond acceptors (Lipinski definition) is 5. The van der Waals surface area contributed by atoms with Gasteiger partial charge in [0.05, 0.1) is 0 Å². The van der Waals surface area contributed by atoms with Crippen LogP contribution in [0.2, 0.25) is 0 Å². The lowest BCUT2D eigenvalue weighted by atomic mass is 10.3. The number of pyridine rings is 1. The van der Waals surface area contributed by atoms with Gasteiger partial charge in [0.15, 0.2) is 0 Å². The molecule has 7 nitrogen and oxygen atoms in total. The molecule has 18 heavy (non-hydrogen) atoms. The second-order valence-electron chi connectivity index (χ2n) is 3.57. The van der Waals surface area contributed by atoms with Gasteiger partial charge in [0.1, 0.15) is 11.4 Å². The highest BCUT2D eigenvalue weighted by molar-refractivity contribution is 5.91. The fraction of sp³-hybridized carbons (Fsp3) is 0. The van der Waals surface area contributed by atoms with E-state index in [1.54, 1.807) is 18.5 Å². The number of primary amides is 1. The molecule has 3 heterocycles. The minimum atomic E-state index is -0.597. The zero-order chi connectivity index (χ0) is 12.5. The second kappa shape index (κ2) is 3.88. The van der Waals surface area contributed by atoms with Crippen LogP contribution >= 0.6 is 0 Å². The van der Waals surface area contributed by atoms with Gasteiger partial charge in [0.2, 0.25) is 5.82 Å². The Morgan fingerprint density at radius 1 is 1.22 bits per heavy atom. The van der Waals surface area contributed by atoms with Crippen LogP contribution in [0.5, 0.6) is 0 Å². The summed E-state index contributed by atoms with van der Waals surface area (Å²) in [6, 6.07) is 6.94. The molecule has 0 atom stereocenters. The molecule has 0 fully saturated rings. The van der Waals surface area contributed by atoms with Crippen LogP contribution in [0.15, 0.2) is 36.7 Å². The molecule has 3 aromatic rings. The maximum absolute atomic E-state index is 11.0. The van der Waals surface area contributed by atoms with Crippen molar-refractivity contribution in [1.29, 1.82) is 0 Å². The third-order valence-corrected chi connectivity index (χ3v) is 2.35. The normalized spacial score (nSPS) is 10.7. The van der Waals surface area contributed by atoms with Crippen molar-refractivity contribution in [3.63, 3.8) is 0 Å². The predicted octanol–water partition coefficient (Wildman–Crippen LogP) is 0.285. The van der Waals surface area contributed by atoms with Gasteiger partial charge < -0.3 is 5.73 Å². The van der Waals surface area contributed by atoms with Crippen molar-refractivity contribution in [2.45, 2.75) is 0 Å². The molecule has 3 rings (SSSR count). The Kier molecular flexibility index (Phi) is 2.23. The fourth-order valence-corrected chi connectivity index (χ4v) is 1.52. The number of hydrogen-bond donors (Lipinski definition) is 1. The molecule has 0 unspecified atom stereocenters.